The first-order valence-electron chi connectivity index (χ1n) is 13.0. The van der Waals surface area contributed by atoms with Gasteiger partial charge in [-0.1, -0.05) is 40.2 Å². The zero-order chi connectivity index (χ0) is 22.7. The summed E-state index contributed by atoms with van der Waals surface area (Å²) in [6, 6.07) is 6.81. The summed E-state index contributed by atoms with van der Waals surface area (Å²) in [5, 5.41) is 0. The normalized spacial score (nSPS) is 22.4. The highest BCUT2D eigenvalue weighted by Crippen LogP contribution is 2.43. The number of piperazine rings is 1. The van der Waals surface area contributed by atoms with Gasteiger partial charge in [0, 0.05) is 56.1 Å². The van der Waals surface area contributed by atoms with Crippen LogP contribution < -0.4 is 9.80 Å². The number of benzene rings is 1. The van der Waals surface area contributed by atoms with Crippen molar-refractivity contribution in [1.29, 1.82) is 0 Å². The van der Waals surface area contributed by atoms with E-state index in [2.05, 4.69) is 61.8 Å². The minimum absolute atomic E-state index is 0. The molecule has 3 aliphatic rings. The van der Waals surface area contributed by atoms with Crippen LogP contribution in [0.15, 0.2) is 24.3 Å². The Morgan fingerprint density at radius 1 is 1.03 bits per heavy atom. The lowest BCUT2D eigenvalue weighted by Gasteiger charge is -2.38. The SMILES string of the molecule is CCCCN1CCN(c2ccc(N3CCCC3=O)cc2C2=CCC(C(C)(C)C)CC2)CC1.Cl. The fraction of sp³-hybridized carbons (Fsp3) is 0.679. The Kier molecular flexibility index (Phi) is 8.91. The topological polar surface area (TPSA) is 26.8 Å². The average molecular weight is 474 g/mol. The van der Waals surface area contributed by atoms with Crippen LogP contribution in [-0.4, -0.2) is 50.1 Å². The van der Waals surface area contributed by atoms with Gasteiger partial charge in [0.15, 0.2) is 0 Å². The monoisotopic (exact) mass is 473 g/mol. The summed E-state index contributed by atoms with van der Waals surface area (Å²) in [5.74, 6) is 1.03. The minimum atomic E-state index is 0. The summed E-state index contributed by atoms with van der Waals surface area (Å²) >= 11 is 0. The van der Waals surface area contributed by atoms with Crippen molar-refractivity contribution in [1.82, 2.24) is 4.90 Å². The molecule has 1 unspecified atom stereocenters. The number of carbonyl (C=O) groups is 1. The molecule has 184 valence electrons. The van der Waals surface area contributed by atoms with Gasteiger partial charge in [0.1, 0.15) is 0 Å². The molecule has 2 fully saturated rings. The van der Waals surface area contributed by atoms with E-state index in [4.69, 9.17) is 0 Å². The largest absolute Gasteiger partial charge is 0.368 e. The molecule has 0 aromatic heterocycles. The first-order chi connectivity index (χ1) is 15.4. The number of unbranched alkanes of at least 4 members (excludes halogenated alkanes) is 1. The van der Waals surface area contributed by atoms with Crippen molar-refractivity contribution >= 4 is 35.3 Å². The molecule has 2 heterocycles. The van der Waals surface area contributed by atoms with Gasteiger partial charge in [-0.05, 0) is 73.8 Å². The maximum atomic E-state index is 12.4. The lowest BCUT2D eigenvalue weighted by atomic mass is 9.72. The molecule has 0 saturated carbocycles. The van der Waals surface area contributed by atoms with Crippen molar-refractivity contribution in [2.75, 3.05) is 49.1 Å². The zero-order valence-corrected chi connectivity index (χ0v) is 22.1. The summed E-state index contributed by atoms with van der Waals surface area (Å²) < 4.78 is 0. The summed E-state index contributed by atoms with van der Waals surface area (Å²) in [7, 11) is 0. The third-order valence-electron chi connectivity index (χ3n) is 7.89. The van der Waals surface area contributed by atoms with Crippen molar-refractivity contribution in [3.05, 3.63) is 29.8 Å². The first kappa shape index (κ1) is 26.1. The maximum Gasteiger partial charge on any atom is 0.227 e. The van der Waals surface area contributed by atoms with Gasteiger partial charge in [0.25, 0.3) is 0 Å². The summed E-state index contributed by atoms with van der Waals surface area (Å²) in [5.41, 5.74) is 5.69. The Morgan fingerprint density at radius 2 is 1.79 bits per heavy atom. The number of allylic oxidation sites excluding steroid dienone is 2. The third kappa shape index (κ3) is 6.14. The molecule has 0 radical (unpaired) electrons. The molecule has 1 amide bonds. The number of carbonyl (C=O) groups excluding carboxylic acids is 1. The van der Waals surface area contributed by atoms with E-state index in [1.165, 1.54) is 42.6 Å². The molecule has 2 saturated heterocycles. The molecule has 0 spiro atoms. The Hall–Kier alpha value is -1.52. The lowest BCUT2D eigenvalue weighted by Crippen LogP contribution is -2.46. The number of rotatable bonds is 6. The average Bonchev–Trinajstić information content (AvgIpc) is 3.23. The van der Waals surface area contributed by atoms with Gasteiger partial charge < -0.3 is 9.80 Å². The molecule has 1 aromatic carbocycles. The van der Waals surface area contributed by atoms with E-state index in [9.17, 15) is 4.79 Å². The van der Waals surface area contributed by atoms with E-state index >= 15 is 0 Å². The lowest BCUT2D eigenvalue weighted by molar-refractivity contribution is -0.117. The smallest absolute Gasteiger partial charge is 0.227 e. The van der Waals surface area contributed by atoms with Gasteiger partial charge >= 0.3 is 0 Å². The number of hydrogen-bond donors (Lipinski definition) is 0. The van der Waals surface area contributed by atoms with Gasteiger partial charge in [-0.3, -0.25) is 9.69 Å². The van der Waals surface area contributed by atoms with E-state index in [0.717, 1.165) is 63.6 Å². The van der Waals surface area contributed by atoms with E-state index in [1.54, 1.807) is 0 Å². The Bertz CT molecular complexity index is 836. The van der Waals surface area contributed by atoms with Crippen LogP contribution in [0.5, 0.6) is 0 Å². The standard InChI is InChI=1S/C28H43N3O.ClH/c1-5-6-15-29-17-19-30(20-18-29)26-14-13-24(31-16-7-8-27(31)32)21-25(26)22-9-11-23(12-10-22)28(2,3)4;/h9,13-14,21,23H,5-8,10-12,15-20H2,1-4H3;1H. The Morgan fingerprint density at radius 3 is 2.36 bits per heavy atom. The van der Waals surface area contributed by atoms with E-state index in [0.29, 0.717) is 11.8 Å². The van der Waals surface area contributed by atoms with E-state index in [1.807, 2.05) is 4.90 Å². The number of hydrogen-bond acceptors (Lipinski definition) is 3. The Balaban J connectivity index is 0.00000306. The molecular weight excluding hydrogens is 430 g/mol. The highest BCUT2D eigenvalue weighted by molar-refractivity contribution is 5.96. The molecule has 4 nitrogen and oxygen atoms in total. The molecule has 2 aliphatic heterocycles. The molecular formula is C28H44ClN3O. The molecule has 1 aromatic rings. The van der Waals surface area contributed by atoms with Crippen LogP contribution in [0.4, 0.5) is 11.4 Å². The van der Waals surface area contributed by atoms with Crippen molar-refractivity contribution in [2.24, 2.45) is 11.3 Å². The van der Waals surface area contributed by atoms with Crippen LogP contribution in [-0.2, 0) is 4.79 Å². The zero-order valence-electron chi connectivity index (χ0n) is 21.2. The molecule has 1 aliphatic carbocycles. The van der Waals surface area contributed by atoms with Gasteiger partial charge in [-0.15, -0.1) is 12.4 Å². The quantitative estimate of drug-likeness (QED) is 0.479. The Labute approximate surface area is 207 Å². The highest BCUT2D eigenvalue weighted by Gasteiger charge is 2.29. The molecule has 4 rings (SSSR count). The maximum absolute atomic E-state index is 12.4. The fourth-order valence-electron chi connectivity index (χ4n) is 5.61. The van der Waals surface area contributed by atoms with Crippen molar-refractivity contribution in [2.45, 2.75) is 72.6 Å². The van der Waals surface area contributed by atoms with Crippen molar-refractivity contribution in [3.8, 4) is 0 Å². The van der Waals surface area contributed by atoms with E-state index < -0.39 is 0 Å². The molecule has 0 N–H and O–H groups in total. The van der Waals surface area contributed by atoms with Gasteiger partial charge in [-0.25, -0.2) is 0 Å². The number of amides is 1. The first-order valence-corrected chi connectivity index (χ1v) is 13.0. The second-order valence-corrected chi connectivity index (χ2v) is 11.1. The van der Waals surface area contributed by atoms with Crippen LogP contribution in [0.25, 0.3) is 5.57 Å². The molecule has 1 atom stereocenters. The van der Waals surface area contributed by atoms with Gasteiger partial charge in [-0.2, -0.15) is 0 Å². The van der Waals surface area contributed by atoms with Crippen LogP contribution >= 0.6 is 12.4 Å². The van der Waals surface area contributed by atoms with Crippen LogP contribution in [0, 0.1) is 11.3 Å². The second kappa shape index (κ2) is 11.3. The van der Waals surface area contributed by atoms with Gasteiger partial charge in [0.05, 0.1) is 0 Å². The van der Waals surface area contributed by atoms with Crippen molar-refractivity contribution < 1.29 is 4.79 Å². The van der Waals surface area contributed by atoms with E-state index in [-0.39, 0.29) is 18.3 Å². The number of nitrogens with zero attached hydrogens (tertiary/aromatic N) is 3. The van der Waals surface area contributed by atoms with Crippen LogP contribution in [0.3, 0.4) is 0 Å². The number of anilines is 2. The van der Waals surface area contributed by atoms with Crippen molar-refractivity contribution in [3.63, 3.8) is 0 Å². The summed E-state index contributed by atoms with van der Waals surface area (Å²) in [6.07, 6.45) is 10.3. The molecule has 0 bridgehead atoms. The molecule has 5 heteroatoms. The molecule has 33 heavy (non-hydrogen) atoms. The summed E-state index contributed by atoms with van der Waals surface area (Å²) in [6.45, 7) is 16.0. The predicted octanol–water partition coefficient (Wildman–Crippen LogP) is 6.39. The van der Waals surface area contributed by atoms with Crippen LogP contribution in [0.2, 0.25) is 0 Å². The van der Waals surface area contributed by atoms with Gasteiger partial charge in [0.2, 0.25) is 5.91 Å². The minimum Gasteiger partial charge on any atom is -0.368 e. The van der Waals surface area contributed by atoms with Crippen LogP contribution in [0.1, 0.15) is 78.2 Å². The second-order valence-electron chi connectivity index (χ2n) is 11.1. The number of halogens is 1. The fourth-order valence-corrected chi connectivity index (χ4v) is 5.61. The highest BCUT2D eigenvalue weighted by atomic mass is 35.5. The summed E-state index contributed by atoms with van der Waals surface area (Å²) in [4.78, 5) is 19.6. The predicted molar refractivity (Wildman–Crippen MR) is 144 cm³/mol. The third-order valence-corrected chi connectivity index (χ3v) is 7.89.